The molecular weight excluding hydrogens is 451 g/mol. The molecule has 1 aromatic carbocycles. The molecule has 4 rings (SSSR count). The summed E-state index contributed by atoms with van der Waals surface area (Å²) in [7, 11) is 0. The standard InChI is InChI=1S/C19H15BrF3N5O/c20-12-5-3-11(4-6-12)14-8-16(19(21,22)23)28-17(26-14)9-15(27-28)18(29)25-13-2-1-7-24-10-13/h1-7,9-10,14,16,26H,8H2,(H,25,29)/t14-,16-/m1/s1. The first-order chi connectivity index (χ1) is 13.8. The largest absolute Gasteiger partial charge is 0.410 e. The fourth-order valence-electron chi connectivity index (χ4n) is 3.23. The average molecular weight is 466 g/mol. The Kier molecular flexibility index (Phi) is 5.03. The molecule has 2 atom stereocenters. The number of hydrogen-bond acceptors (Lipinski definition) is 4. The summed E-state index contributed by atoms with van der Waals surface area (Å²) in [4.78, 5) is 16.3. The lowest BCUT2D eigenvalue weighted by molar-refractivity contribution is -0.173. The van der Waals surface area contributed by atoms with Crippen LogP contribution in [0, 0.1) is 0 Å². The Morgan fingerprint density at radius 1 is 1.24 bits per heavy atom. The van der Waals surface area contributed by atoms with Gasteiger partial charge in [0.05, 0.1) is 17.9 Å². The number of pyridine rings is 1. The summed E-state index contributed by atoms with van der Waals surface area (Å²) in [6.45, 7) is 0. The van der Waals surface area contributed by atoms with E-state index in [2.05, 4.69) is 36.6 Å². The molecule has 10 heteroatoms. The van der Waals surface area contributed by atoms with Gasteiger partial charge in [-0.15, -0.1) is 0 Å². The van der Waals surface area contributed by atoms with Crippen molar-refractivity contribution in [2.75, 3.05) is 10.6 Å². The normalized spacial score (nSPS) is 18.6. The third kappa shape index (κ3) is 4.12. The summed E-state index contributed by atoms with van der Waals surface area (Å²) < 4.78 is 42.9. The maximum atomic E-state index is 13.7. The van der Waals surface area contributed by atoms with Crippen LogP contribution in [0.3, 0.4) is 0 Å². The first kappa shape index (κ1) is 19.4. The van der Waals surface area contributed by atoms with Crippen molar-refractivity contribution < 1.29 is 18.0 Å². The topological polar surface area (TPSA) is 71.8 Å². The Hall–Kier alpha value is -2.88. The van der Waals surface area contributed by atoms with Crippen molar-refractivity contribution >= 4 is 33.3 Å². The maximum Gasteiger partial charge on any atom is 0.410 e. The van der Waals surface area contributed by atoms with Crippen LogP contribution in [-0.2, 0) is 0 Å². The minimum absolute atomic E-state index is 0.109. The third-order valence-corrected chi connectivity index (χ3v) is 5.14. The highest BCUT2D eigenvalue weighted by molar-refractivity contribution is 9.10. The van der Waals surface area contributed by atoms with Crippen LogP contribution in [-0.4, -0.2) is 26.8 Å². The highest BCUT2D eigenvalue weighted by Crippen LogP contribution is 2.43. The molecule has 6 nitrogen and oxygen atoms in total. The molecule has 1 amide bonds. The molecule has 1 aliphatic rings. The van der Waals surface area contributed by atoms with Gasteiger partial charge >= 0.3 is 6.18 Å². The molecule has 0 aliphatic carbocycles. The number of hydrogen-bond donors (Lipinski definition) is 2. The molecule has 3 heterocycles. The third-order valence-electron chi connectivity index (χ3n) is 4.61. The van der Waals surface area contributed by atoms with Gasteiger partial charge in [0.2, 0.25) is 0 Å². The van der Waals surface area contributed by atoms with E-state index in [0.717, 1.165) is 14.7 Å². The molecule has 29 heavy (non-hydrogen) atoms. The van der Waals surface area contributed by atoms with Crippen LogP contribution in [0.4, 0.5) is 24.7 Å². The summed E-state index contributed by atoms with van der Waals surface area (Å²) in [5.41, 5.74) is 1.04. The fraction of sp³-hybridized carbons (Fsp3) is 0.211. The molecular formula is C19H15BrF3N5O. The molecule has 0 spiro atoms. The second-order valence-corrected chi connectivity index (χ2v) is 7.51. The van der Waals surface area contributed by atoms with Gasteiger partial charge in [0.1, 0.15) is 5.82 Å². The number of carbonyl (C=O) groups excluding carboxylic acids is 1. The Balaban J connectivity index is 1.65. The molecule has 1 aliphatic heterocycles. The number of carbonyl (C=O) groups is 1. The molecule has 150 valence electrons. The number of rotatable bonds is 3. The summed E-state index contributed by atoms with van der Waals surface area (Å²) in [5.74, 6) is -0.467. The smallest absolute Gasteiger partial charge is 0.363 e. The number of nitrogens with zero attached hydrogens (tertiary/aromatic N) is 3. The highest BCUT2D eigenvalue weighted by Gasteiger charge is 2.46. The number of aromatic nitrogens is 3. The molecule has 3 aromatic rings. The van der Waals surface area contributed by atoms with E-state index in [1.54, 1.807) is 42.6 Å². The quantitative estimate of drug-likeness (QED) is 0.573. The Morgan fingerprint density at radius 3 is 2.66 bits per heavy atom. The van der Waals surface area contributed by atoms with Gasteiger partial charge in [-0.3, -0.25) is 9.78 Å². The lowest BCUT2D eigenvalue weighted by Crippen LogP contribution is -2.35. The molecule has 0 unspecified atom stereocenters. The van der Waals surface area contributed by atoms with Crippen LogP contribution in [0.5, 0.6) is 0 Å². The van der Waals surface area contributed by atoms with E-state index in [1.807, 2.05) is 0 Å². The minimum atomic E-state index is -4.51. The molecule has 0 bridgehead atoms. The Morgan fingerprint density at radius 2 is 2.00 bits per heavy atom. The van der Waals surface area contributed by atoms with Crippen molar-refractivity contribution in [3.8, 4) is 0 Å². The predicted molar refractivity (Wildman–Crippen MR) is 105 cm³/mol. The van der Waals surface area contributed by atoms with Crippen LogP contribution in [0.25, 0.3) is 0 Å². The Labute approximate surface area is 172 Å². The number of halogens is 4. The zero-order valence-corrected chi connectivity index (χ0v) is 16.4. The summed E-state index contributed by atoms with van der Waals surface area (Å²) >= 11 is 3.32. The number of nitrogens with one attached hydrogen (secondary N) is 2. The first-order valence-electron chi connectivity index (χ1n) is 8.71. The van der Waals surface area contributed by atoms with E-state index in [0.29, 0.717) is 5.69 Å². The van der Waals surface area contributed by atoms with E-state index >= 15 is 0 Å². The molecule has 0 fully saturated rings. The summed E-state index contributed by atoms with van der Waals surface area (Å²) in [6, 6.07) is 9.26. The van der Waals surface area contributed by atoms with Gasteiger partial charge in [-0.25, -0.2) is 4.68 Å². The first-order valence-corrected chi connectivity index (χ1v) is 9.50. The zero-order valence-electron chi connectivity index (χ0n) is 14.8. The lowest BCUT2D eigenvalue weighted by Gasteiger charge is -2.33. The van der Waals surface area contributed by atoms with E-state index in [9.17, 15) is 18.0 Å². The van der Waals surface area contributed by atoms with E-state index in [4.69, 9.17) is 0 Å². The van der Waals surface area contributed by atoms with Crippen molar-refractivity contribution in [3.05, 3.63) is 70.6 Å². The molecule has 0 saturated heterocycles. The number of alkyl halides is 3. The van der Waals surface area contributed by atoms with Crippen LogP contribution < -0.4 is 10.6 Å². The highest BCUT2D eigenvalue weighted by atomic mass is 79.9. The summed E-state index contributed by atoms with van der Waals surface area (Å²) in [5, 5.41) is 9.58. The summed E-state index contributed by atoms with van der Waals surface area (Å²) in [6.07, 6.45) is -1.75. The molecule has 0 saturated carbocycles. The SMILES string of the molecule is O=C(Nc1cccnc1)c1cc2n(n1)[C@@H](C(F)(F)F)C[C@H](c1ccc(Br)cc1)N2. The number of anilines is 2. The van der Waals surface area contributed by atoms with Gasteiger partial charge in [0.15, 0.2) is 11.7 Å². The van der Waals surface area contributed by atoms with Crippen molar-refractivity contribution in [1.29, 1.82) is 0 Å². The second kappa shape index (κ2) is 7.51. The molecule has 2 aromatic heterocycles. The van der Waals surface area contributed by atoms with E-state index in [1.165, 1.54) is 12.3 Å². The van der Waals surface area contributed by atoms with E-state index < -0.39 is 24.2 Å². The van der Waals surface area contributed by atoms with Crippen molar-refractivity contribution in [2.45, 2.75) is 24.7 Å². The lowest BCUT2D eigenvalue weighted by atomic mass is 9.97. The van der Waals surface area contributed by atoms with Crippen molar-refractivity contribution in [2.24, 2.45) is 0 Å². The molecule has 0 radical (unpaired) electrons. The van der Waals surface area contributed by atoms with Gasteiger partial charge in [-0.2, -0.15) is 18.3 Å². The van der Waals surface area contributed by atoms with Crippen molar-refractivity contribution in [1.82, 2.24) is 14.8 Å². The van der Waals surface area contributed by atoms with Crippen LogP contribution in [0.15, 0.2) is 59.3 Å². The average Bonchev–Trinajstić information content (AvgIpc) is 3.12. The predicted octanol–water partition coefficient (Wildman–Crippen LogP) is 4.95. The van der Waals surface area contributed by atoms with Crippen molar-refractivity contribution in [3.63, 3.8) is 0 Å². The van der Waals surface area contributed by atoms with Gasteiger partial charge in [0, 0.05) is 23.2 Å². The van der Waals surface area contributed by atoms with Crippen LogP contribution >= 0.6 is 15.9 Å². The van der Waals surface area contributed by atoms with Gasteiger partial charge in [0.25, 0.3) is 5.91 Å². The van der Waals surface area contributed by atoms with E-state index in [-0.39, 0.29) is 17.9 Å². The van der Waals surface area contributed by atoms with Crippen LogP contribution in [0.1, 0.15) is 34.6 Å². The minimum Gasteiger partial charge on any atom is -0.363 e. The molecule has 2 N–H and O–H groups in total. The van der Waals surface area contributed by atoms with Gasteiger partial charge in [-0.05, 0) is 29.8 Å². The monoisotopic (exact) mass is 465 g/mol. The number of fused-ring (bicyclic) bond motifs is 1. The fourth-order valence-corrected chi connectivity index (χ4v) is 3.49. The Bertz CT molecular complexity index is 1020. The maximum absolute atomic E-state index is 13.7. The van der Waals surface area contributed by atoms with Gasteiger partial charge < -0.3 is 10.6 Å². The number of benzene rings is 1. The number of amides is 1. The zero-order chi connectivity index (χ0) is 20.6. The second-order valence-electron chi connectivity index (χ2n) is 6.60. The van der Waals surface area contributed by atoms with Crippen LogP contribution in [0.2, 0.25) is 0 Å². The van der Waals surface area contributed by atoms with Gasteiger partial charge in [-0.1, -0.05) is 28.1 Å².